The van der Waals surface area contributed by atoms with Crippen LogP contribution in [0, 0.1) is 0 Å². The lowest BCUT2D eigenvalue weighted by Crippen LogP contribution is -2.50. The van der Waals surface area contributed by atoms with Crippen molar-refractivity contribution in [3.8, 4) is 0 Å². The zero-order valence-electron chi connectivity index (χ0n) is 22.0. The number of piperazine rings is 1. The molecule has 2 aromatic rings. The number of fused-ring (bicyclic) bond motifs is 2. The maximum Gasteiger partial charge on any atom is 0.254 e. The van der Waals surface area contributed by atoms with Gasteiger partial charge in [0.15, 0.2) is 0 Å². The number of amides is 2. The molecule has 2 amide bonds. The second-order valence-electron chi connectivity index (χ2n) is 10.5. The molecule has 3 heterocycles. The van der Waals surface area contributed by atoms with E-state index < -0.39 is 6.10 Å². The fraction of sp³-hybridized carbons (Fsp3) is 0.517. The van der Waals surface area contributed by atoms with Crippen molar-refractivity contribution in [2.75, 3.05) is 57.3 Å². The van der Waals surface area contributed by atoms with Crippen LogP contribution in [0.1, 0.15) is 40.9 Å². The Balaban J connectivity index is 1.25. The zero-order valence-corrected chi connectivity index (χ0v) is 22.0. The average molecular weight is 506 g/mol. The standard InChI is InChI=1S/C29H39N5O3/c1-3-32-11-10-31(20-28(36)26-16-22-6-4-5-7-24(22)18-30-26)19-25-9-8-23(17-27(25)32)29(37)34-14-12-33(13-15-34)21(2)35/h4-9,17,26,28,30,36H,3,10-16,18-20H2,1-2H3/t26-,28+/m0/s1. The normalized spacial score (nSPS) is 21.2. The number of anilines is 1. The Kier molecular flexibility index (Phi) is 7.79. The molecular formula is C29H39N5O3. The van der Waals surface area contributed by atoms with Crippen molar-refractivity contribution in [1.82, 2.24) is 20.0 Å². The molecule has 37 heavy (non-hydrogen) atoms. The maximum atomic E-state index is 13.3. The molecule has 0 radical (unpaired) electrons. The third-order valence-electron chi connectivity index (χ3n) is 8.17. The van der Waals surface area contributed by atoms with Gasteiger partial charge in [0.25, 0.3) is 5.91 Å². The smallest absolute Gasteiger partial charge is 0.254 e. The van der Waals surface area contributed by atoms with Crippen molar-refractivity contribution in [2.45, 2.75) is 45.5 Å². The van der Waals surface area contributed by atoms with Crippen LogP contribution in [0.3, 0.4) is 0 Å². The molecule has 0 aromatic heterocycles. The number of carbonyl (C=O) groups excluding carboxylic acids is 2. The largest absolute Gasteiger partial charge is 0.390 e. The molecule has 1 saturated heterocycles. The number of rotatable bonds is 5. The lowest BCUT2D eigenvalue weighted by atomic mass is 9.93. The Hall–Kier alpha value is -2.94. The van der Waals surface area contributed by atoms with Gasteiger partial charge in [-0.3, -0.25) is 14.5 Å². The van der Waals surface area contributed by atoms with Gasteiger partial charge < -0.3 is 25.1 Å². The highest BCUT2D eigenvalue weighted by atomic mass is 16.3. The van der Waals surface area contributed by atoms with Gasteiger partial charge in [-0.15, -0.1) is 0 Å². The molecule has 0 aliphatic carbocycles. The van der Waals surface area contributed by atoms with Gasteiger partial charge in [0.05, 0.1) is 6.10 Å². The number of carbonyl (C=O) groups is 2. The van der Waals surface area contributed by atoms with Crippen LogP contribution in [0.2, 0.25) is 0 Å². The molecule has 1 fully saturated rings. The van der Waals surface area contributed by atoms with E-state index in [9.17, 15) is 14.7 Å². The number of likely N-dealkylation sites (N-methyl/N-ethyl adjacent to an activating group) is 1. The average Bonchev–Trinajstić information content (AvgIpc) is 3.10. The Labute approximate surface area is 219 Å². The van der Waals surface area contributed by atoms with Gasteiger partial charge in [-0.2, -0.15) is 0 Å². The molecule has 0 saturated carbocycles. The SMILES string of the molecule is CCN1CCN(C[C@@H](O)[C@@H]2Cc3ccccc3CN2)Cc2ccc(C(=O)N3CCN(C(C)=O)CC3)cc21. The highest BCUT2D eigenvalue weighted by molar-refractivity contribution is 5.95. The van der Waals surface area contributed by atoms with E-state index in [1.807, 2.05) is 17.0 Å². The van der Waals surface area contributed by atoms with Crippen LogP contribution < -0.4 is 10.2 Å². The molecule has 0 spiro atoms. The van der Waals surface area contributed by atoms with Crippen molar-refractivity contribution in [3.05, 3.63) is 64.7 Å². The number of aliphatic hydroxyl groups excluding tert-OH is 1. The summed E-state index contributed by atoms with van der Waals surface area (Å²) in [5.41, 5.74) is 5.64. The van der Waals surface area contributed by atoms with E-state index in [1.165, 1.54) is 16.7 Å². The van der Waals surface area contributed by atoms with Gasteiger partial charge in [0.2, 0.25) is 5.91 Å². The number of nitrogens with one attached hydrogen (secondary N) is 1. The van der Waals surface area contributed by atoms with Crippen molar-refractivity contribution in [2.24, 2.45) is 0 Å². The minimum absolute atomic E-state index is 0.0298. The van der Waals surface area contributed by atoms with E-state index in [-0.39, 0.29) is 17.9 Å². The molecular weight excluding hydrogens is 466 g/mol. The van der Waals surface area contributed by atoms with Gasteiger partial charge in [0, 0.05) is 89.7 Å². The first-order chi connectivity index (χ1) is 17.9. The van der Waals surface area contributed by atoms with Crippen molar-refractivity contribution in [3.63, 3.8) is 0 Å². The zero-order chi connectivity index (χ0) is 25.9. The van der Waals surface area contributed by atoms with Crippen LogP contribution >= 0.6 is 0 Å². The molecule has 0 bridgehead atoms. The number of hydrogen-bond donors (Lipinski definition) is 2. The summed E-state index contributed by atoms with van der Waals surface area (Å²) in [5, 5.41) is 14.7. The summed E-state index contributed by atoms with van der Waals surface area (Å²) in [6.45, 7) is 10.8. The fourth-order valence-corrected chi connectivity index (χ4v) is 5.86. The van der Waals surface area contributed by atoms with Crippen LogP contribution in [0.25, 0.3) is 0 Å². The van der Waals surface area contributed by atoms with Crippen LogP contribution in [0.15, 0.2) is 42.5 Å². The number of nitrogens with zero attached hydrogens (tertiary/aromatic N) is 4. The van der Waals surface area contributed by atoms with Crippen LogP contribution in [-0.2, 0) is 24.3 Å². The summed E-state index contributed by atoms with van der Waals surface area (Å²) < 4.78 is 0. The van der Waals surface area contributed by atoms with Crippen molar-refractivity contribution >= 4 is 17.5 Å². The third kappa shape index (κ3) is 5.66. The van der Waals surface area contributed by atoms with Crippen molar-refractivity contribution in [1.29, 1.82) is 0 Å². The van der Waals surface area contributed by atoms with E-state index >= 15 is 0 Å². The van der Waals surface area contributed by atoms with Crippen LogP contribution in [0.4, 0.5) is 5.69 Å². The van der Waals surface area contributed by atoms with E-state index in [0.29, 0.717) is 38.3 Å². The number of benzene rings is 2. The molecule has 0 unspecified atom stereocenters. The predicted molar refractivity (Wildman–Crippen MR) is 145 cm³/mol. The summed E-state index contributed by atoms with van der Waals surface area (Å²) in [4.78, 5) is 33.2. The minimum Gasteiger partial charge on any atom is -0.390 e. The van der Waals surface area contributed by atoms with Gasteiger partial charge in [0.1, 0.15) is 0 Å². The molecule has 2 aromatic carbocycles. The molecule has 8 heteroatoms. The summed E-state index contributed by atoms with van der Waals surface area (Å²) in [7, 11) is 0. The first-order valence-electron chi connectivity index (χ1n) is 13.6. The second kappa shape index (κ2) is 11.2. The van der Waals surface area contributed by atoms with Crippen LogP contribution in [-0.4, -0.2) is 96.1 Å². The highest BCUT2D eigenvalue weighted by Crippen LogP contribution is 2.28. The third-order valence-corrected chi connectivity index (χ3v) is 8.17. The van der Waals surface area contributed by atoms with Gasteiger partial charge >= 0.3 is 0 Å². The Morgan fingerprint density at radius 2 is 1.70 bits per heavy atom. The van der Waals surface area contributed by atoms with Gasteiger partial charge in [-0.25, -0.2) is 0 Å². The predicted octanol–water partition coefficient (Wildman–Crippen LogP) is 1.71. The topological polar surface area (TPSA) is 79.4 Å². The van der Waals surface area contributed by atoms with E-state index in [1.54, 1.807) is 11.8 Å². The lowest BCUT2D eigenvalue weighted by Gasteiger charge is -2.34. The van der Waals surface area contributed by atoms with Gasteiger partial charge in [-0.1, -0.05) is 30.3 Å². The molecule has 2 atom stereocenters. The fourth-order valence-electron chi connectivity index (χ4n) is 5.86. The highest BCUT2D eigenvalue weighted by Gasteiger charge is 2.29. The Morgan fingerprint density at radius 3 is 2.43 bits per heavy atom. The maximum absolute atomic E-state index is 13.3. The van der Waals surface area contributed by atoms with Crippen LogP contribution in [0.5, 0.6) is 0 Å². The first kappa shape index (κ1) is 25.7. The van der Waals surface area contributed by atoms with Gasteiger partial charge in [-0.05, 0) is 42.2 Å². The number of aliphatic hydroxyl groups is 1. The van der Waals surface area contributed by atoms with E-state index in [0.717, 1.165) is 44.8 Å². The van der Waals surface area contributed by atoms with E-state index in [2.05, 4.69) is 52.4 Å². The Morgan fingerprint density at radius 1 is 0.973 bits per heavy atom. The first-order valence-corrected chi connectivity index (χ1v) is 13.6. The van der Waals surface area contributed by atoms with Crippen molar-refractivity contribution < 1.29 is 14.7 Å². The summed E-state index contributed by atoms with van der Waals surface area (Å²) in [6.07, 6.45) is 0.383. The molecule has 3 aliphatic heterocycles. The quantitative estimate of drug-likeness (QED) is 0.644. The molecule has 198 valence electrons. The monoisotopic (exact) mass is 505 g/mol. The second-order valence-corrected chi connectivity index (χ2v) is 10.5. The summed E-state index contributed by atoms with van der Waals surface area (Å²) in [5.74, 6) is 0.0942. The number of hydrogen-bond acceptors (Lipinski definition) is 6. The molecule has 2 N–H and O–H groups in total. The van der Waals surface area contributed by atoms with E-state index in [4.69, 9.17) is 0 Å². The number of β-amino-alcohol motifs (C(OH)–C–C–N with tert-alkyl or cyclic N) is 1. The molecule has 3 aliphatic rings. The minimum atomic E-state index is -0.459. The summed E-state index contributed by atoms with van der Waals surface area (Å²) >= 11 is 0. The Bertz CT molecular complexity index is 1130. The lowest BCUT2D eigenvalue weighted by molar-refractivity contribution is -0.130. The molecule has 8 nitrogen and oxygen atoms in total. The summed E-state index contributed by atoms with van der Waals surface area (Å²) in [6, 6.07) is 14.6. The molecule has 5 rings (SSSR count).